The summed E-state index contributed by atoms with van der Waals surface area (Å²) < 4.78 is 7.56. The lowest BCUT2D eigenvalue weighted by Gasteiger charge is -2.11. The molecule has 0 aliphatic heterocycles. The van der Waals surface area contributed by atoms with Gasteiger partial charge < -0.3 is 14.4 Å². The van der Waals surface area contributed by atoms with E-state index < -0.39 is 5.97 Å². The van der Waals surface area contributed by atoms with E-state index >= 15 is 0 Å². The van der Waals surface area contributed by atoms with Crippen LogP contribution in [0, 0.1) is 12.8 Å². The second-order valence-corrected chi connectivity index (χ2v) is 5.38. The van der Waals surface area contributed by atoms with E-state index in [4.69, 9.17) is 4.74 Å². The first-order valence-electron chi connectivity index (χ1n) is 6.94. The van der Waals surface area contributed by atoms with Crippen molar-refractivity contribution in [2.75, 3.05) is 6.61 Å². The second kappa shape index (κ2) is 5.57. The summed E-state index contributed by atoms with van der Waals surface area (Å²) in [5, 5.41) is 10.2. The molecule has 0 atom stereocenters. The highest BCUT2D eigenvalue weighted by Crippen LogP contribution is 2.30. The molecular formula is C16H21NO3. The van der Waals surface area contributed by atoms with Crippen molar-refractivity contribution in [3.05, 3.63) is 29.5 Å². The van der Waals surface area contributed by atoms with E-state index in [1.54, 1.807) is 0 Å². The Morgan fingerprint density at radius 3 is 2.65 bits per heavy atom. The van der Waals surface area contributed by atoms with Crippen LogP contribution in [0.1, 0.15) is 36.8 Å². The van der Waals surface area contributed by atoms with Crippen molar-refractivity contribution in [3.63, 3.8) is 0 Å². The standard InChI is InChI=1S/C16H21NO3/c1-5-20-12-6-7-14-13(8-12)15(16(18)19)11(4)17(14)9-10(2)3/h6-8,10H,5,9H2,1-4H3,(H,18,19). The molecule has 4 heteroatoms. The average molecular weight is 275 g/mol. The van der Waals surface area contributed by atoms with Crippen molar-refractivity contribution < 1.29 is 14.6 Å². The van der Waals surface area contributed by atoms with Crippen LogP contribution in [0.15, 0.2) is 18.2 Å². The Kier molecular flexibility index (Phi) is 4.02. The van der Waals surface area contributed by atoms with Crippen molar-refractivity contribution >= 4 is 16.9 Å². The zero-order valence-electron chi connectivity index (χ0n) is 12.4. The van der Waals surface area contributed by atoms with E-state index in [0.717, 1.165) is 23.1 Å². The molecule has 20 heavy (non-hydrogen) atoms. The Hall–Kier alpha value is -1.97. The Labute approximate surface area is 119 Å². The number of carbonyl (C=O) groups is 1. The molecule has 0 fully saturated rings. The van der Waals surface area contributed by atoms with Crippen LogP contribution in [0.4, 0.5) is 0 Å². The van der Waals surface area contributed by atoms with Crippen LogP contribution in [0.25, 0.3) is 10.9 Å². The predicted molar refractivity (Wildman–Crippen MR) is 79.6 cm³/mol. The number of nitrogens with zero attached hydrogens (tertiary/aromatic N) is 1. The van der Waals surface area contributed by atoms with Gasteiger partial charge in [-0.25, -0.2) is 4.79 Å². The van der Waals surface area contributed by atoms with Crippen LogP contribution >= 0.6 is 0 Å². The van der Waals surface area contributed by atoms with Gasteiger partial charge in [0.15, 0.2) is 0 Å². The number of aromatic nitrogens is 1. The average Bonchev–Trinajstić information content (AvgIpc) is 2.62. The fourth-order valence-corrected chi connectivity index (χ4v) is 2.59. The minimum atomic E-state index is -0.886. The maximum absolute atomic E-state index is 11.5. The van der Waals surface area contributed by atoms with Gasteiger partial charge >= 0.3 is 5.97 Å². The van der Waals surface area contributed by atoms with E-state index in [0.29, 0.717) is 23.8 Å². The van der Waals surface area contributed by atoms with Gasteiger partial charge in [0.05, 0.1) is 12.2 Å². The third kappa shape index (κ3) is 2.50. The van der Waals surface area contributed by atoms with Gasteiger partial charge in [-0.2, -0.15) is 0 Å². The second-order valence-electron chi connectivity index (χ2n) is 5.38. The number of fused-ring (bicyclic) bond motifs is 1. The number of benzene rings is 1. The van der Waals surface area contributed by atoms with Gasteiger partial charge in [-0.3, -0.25) is 0 Å². The first-order chi connectivity index (χ1) is 9.45. The lowest BCUT2D eigenvalue weighted by molar-refractivity contribution is 0.0698. The lowest BCUT2D eigenvalue weighted by Crippen LogP contribution is -2.07. The minimum Gasteiger partial charge on any atom is -0.494 e. The topological polar surface area (TPSA) is 51.5 Å². The maximum atomic E-state index is 11.5. The van der Waals surface area contributed by atoms with Gasteiger partial charge in [0.2, 0.25) is 0 Å². The first kappa shape index (κ1) is 14.4. The number of rotatable bonds is 5. The lowest BCUT2D eigenvalue weighted by atomic mass is 10.1. The third-order valence-corrected chi connectivity index (χ3v) is 3.37. The molecule has 1 aromatic carbocycles. The summed E-state index contributed by atoms with van der Waals surface area (Å²) in [6, 6.07) is 5.67. The molecule has 0 aliphatic carbocycles. The summed E-state index contributed by atoms with van der Waals surface area (Å²) >= 11 is 0. The molecule has 2 aromatic rings. The van der Waals surface area contributed by atoms with Crippen LogP contribution < -0.4 is 4.74 Å². The molecule has 0 spiro atoms. The normalized spacial score (nSPS) is 11.2. The van der Waals surface area contributed by atoms with Gasteiger partial charge in [0.1, 0.15) is 5.75 Å². The molecular weight excluding hydrogens is 254 g/mol. The molecule has 0 saturated heterocycles. The van der Waals surface area contributed by atoms with Crippen LogP contribution in [-0.2, 0) is 6.54 Å². The van der Waals surface area contributed by atoms with E-state index in [1.807, 2.05) is 32.0 Å². The molecule has 108 valence electrons. The summed E-state index contributed by atoms with van der Waals surface area (Å²) in [6.45, 7) is 9.41. The van der Waals surface area contributed by atoms with E-state index in [-0.39, 0.29) is 0 Å². The summed E-state index contributed by atoms with van der Waals surface area (Å²) in [4.78, 5) is 11.5. The van der Waals surface area contributed by atoms with Crippen LogP contribution in [-0.4, -0.2) is 22.2 Å². The molecule has 0 amide bonds. The molecule has 1 heterocycles. The molecule has 0 aliphatic rings. The number of carboxylic acid groups (broad SMARTS) is 1. The monoisotopic (exact) mass is 275 g/mol. The van der Waals surface area contributed by atoms with Crippen molar-refractivity contribution in [2.24, 2.45) is 5.92 Å². The van der Waals surface area contributed by atoms with Crippen molar-refractivity contribution in [1.29, 1.82) is 0 Å². The predicted octanol–water partition coefficient (Wildman–Crippen LogP) is 3.70. The molecule has 2 rings (SSSR count). The van der Waals surface area contributed by atoms with Crippen molar-refractivity contribution in [1.82, 2.24) is 4.57 Å². The Balaban J connectivity index is 2.69. The van der Waals surface area contributed by atoms with E-state index in [2.05, 4.69) is 18.4 Å². The molecule has 1 aromatic heterocycles. The van der Waals surface area contributed by atoms with Gasteiger partial charge in [-0.1, -0.05) is 13.8 Å². The summed E-state index contributed by atoms with van der Waals surface area (Å²) in [5.41, 5.74) is 2.13. The minimum absolute atomic E-state index is 0.377. The highest BCUT2D eigenvalue weighted by molar-refractivity contribution is 6.05. The van der Waals surface area contributed by atoms with Gasteiger partial charge in [0.25, 0.3) is 0 Å². The molecule has 4 nitrogen and oxygen atoms in total. The number of ether oxygens (including phenoxy) is 1. The summed E-state index contributed by atoms with van der Waals surface area (Å²) in [6.07, 6.45) is 0. The fraction of sp³-hybridized carbons (Fsp3) is 0.438. The van der Waals surface area contributed by atoms with E-state index in [1.165, 1.54) is 0 Å². The zero-order chi connectivity index (χ0) is 14.9. The largest absolute Gasteiger partial charge is 0.494 e. The summed E-state index contributed by atoms with van der Waals surface area (Å²) in [7, 11) is 0. The summed E-state index contributed by atoms with van der Waals surface area (Å²) in [5.74, 6) is 0.283. The molecule has 0 bridgehead atoms. The number of hydrogen-bond donors (Lipinski definition) is 1. The Morgan fingerprint density at radius 1 is 1.40 bits per heavy atom. The van der Waals surface area contributed by atoms with Crippen LogP contribution in [0.5, 0.6) is 5.75 Å². The molecule has 0 unspecified atom stereocenters. The van der Waals surface area contributed by atoms with Gasteiger partial charge in [-0.05, 0) is 38.0 Å². The third-order valence-electron chi connectivity index (χ3n) is 3.37. The molecule has 0 saturated carbocycles. The maximum Gasteiger partial charge on any atom is 0.338 e. The quantitative estimate of drug-likeness (QED) is 0.905. The Bertz CT molecular complexity index is 641. The van der Waals surface area contributed by atoms with Crippen molar-refractivity contribution in [3.8, 4) is 5.75 Å². The van der Waals surface area contributed by atoms with Crippen LogP contribution in [0.3, 0.4) is 0 Å². The van der Waals surface area contributed by atoms with Crippen molar-refractivity contribution in [2.45, 2.75) is 34.2 Å². The van der Waals surface area contributed by atoms with Gasteiger partial charge in [0, 0.05) is 23.1 Å². The number of aromatic carboxylic acids is 1. The fourth-order valence-electron chi connectivity index (χ4n) is 2.59. The SMILES string of the molecule is CCOc1ccc2c(c1)c(C(=O)O)c(C)n2CC(C)C. The van der Waals surface area contributed by atoms with E-state index in [9.17, 15) is 9.90 Å². The highest BCUT2D eigenvalue weighted by atomic mass is 16.5. The number of carboxylic acids is 1. The Morgan fingerprint density at radius 2 is 2.10 bits per heavy atom. The first-order valence-corrected chi connectivity index (χ1v) is 6.94. The molecule has 0 radical (unpaired) electrons. The molecule has 1 N–H and O–H groups in total. The zero-order valence-corrected chi connectivity index (χ0v) is 12.4. The smallest absolute Gasteiger partial charge is 0.338 e. The number of hydrogen-bond acceptors (Lipinski definition) is 2. The van der Waals surface area contributed by atoms with Gasteiger partial charge in [-0.15, -0.1) is 0 Å². The highest BCUT2D eigenvalue weighted by Gasteiger charge is 2.20. The van der Waals surface area contributed by atoms with Crippen LogP contribution in [0.2, 0.25) is 0 Å².